The highest BCUT2D eigenvalue weighted by Crippen LogP contribution is 2.08. The molecule has 0 fully saturated rings. The van der Waals surface area contributed by atoms with Gasteiger partial charge in [0, 0.05) is 13.6 Å². The summed E-state index contributed by atoms with van der Waals surface area (Å²) in [6, 6.07) is 0. The van der Waals surface area contributed by atoms with Crippen LogP contribution in [0.4, 0.5) is 5.82 Å². The quantitative estimate of drug-likeness (QED) is 0.719. The van der Waals surface area contributed by atoms with E-state index in [1.54, 1.807) is 18.8 Å². The van der Waals surface area contributed by atoms with Crippen molar-refractivity contribution >= 4 is 23.5 Å². The smallest absolute Gasteiger partial charge is 0.256 e. The maximum atomic E-state index is 11.6. The van der Waals surface area contributed by atoms with Gasteiger partial charge >= 0.3 is 0 Å². The van der Waals surface area contributed by atoms with Crippen LogP contribution in [0, 0.1) is 0 Å². The third-order valence-electron chi connectivity index (χ3n) is 2.04. The molecule has 0 bridgehead atoms. The Morgan fingerprint density at radius 1 is 1.73 bits per heavy atom. The lowest BCUT2D eigenvalue weighted by Crippen LogP contribution is -2.25. The second kappa shape index (κ2) is 5.65. The lowest BCUT2D eigenvalue weighted by atomic mass is 10.3. The van der Waals surface area contributed by atoms with Gasteiger partial charge in [-0.2, -0.15) is 16.9 Å². The van der Waals surface area contributed by atoms with E-state index in [0.29, 0.717) is 17.9 Å². The van der Waals surface area contributed by atoms with Crippen LogP contribution in [0.15, 0.2) is 6.20 Å². The van der Waals surface area contributed by atoms with E-state index in [2.05, 4.69) is 10.4 Å². The van der Waals surface area contributed by atoms with Gasteiger partial charge < -0.3 is 11.1 Å². The molecule has 5 nitrogen and oxygen atoms in total. The third kappa shape index (κ3) is 3.16. The Balaban J connectivity index is 2.44. The molecule has 6 heteroatoms. The first-order valence-corrected chi connectivity index (χ1v) is 6.10. The molecule has 15 heavy (non-hydrogen) atoms. The molecule has 1 aromatic rings. The summed E-state index contributed by atoms with van der Waals surface area (Å²) in [5.74, 6) is 1.29. The Morgan fingerprint density at radius 3 is 3.00 bits per heavy atom. The molecule has 0 unspecified atom stereocenters. The molecular weight excluding hydrogens is 212 g/mol. The van der Waals surface area contributed by atoms with E-state index < -0.39 is 0 Å². The molecule has 0 spiro atoms. The van der Waals surface area contributed by atoms with E-state index in [4.69, 9.17) is 5.73 Å². The zero-order valence-corrected chi connectivity index (χ0v) is 9.80. The van der Waals surface area contributed by atoms with Crippen molar-refractivity contribution in [2.75, 3.05) is 24.3 Å². The number of thioether (sulfide) groups is 1. The number of amides is 1. The van der Waals surface area contributed by atoms with Gasteiger partial charge in [0.1, 0.15) is 11.4 Å². The molecule has 0 aliphatic rings. The summed E-state index contributed by atoms with van der Waals surface area (Å²) in [6.07, 6.45) is 4.49. The minimum atomic E-state index is -0.151. The first-order valence-electron chi connectivity index (χ1n) is 4.71. The highest BCUT2D eigenvalue weighted by molar-refractivity contribution is 7.98. The number of rotatable bonds is 5. The maximum absolute atomic E-state index is 11.6. The van der Waals surface area contributed by atoms with E-state index in [0.717, 1.165) is 12.2 Å². The molecule has 1 amide bonds. The fourth-order valence-corrected chi connectivity index (χ4v) is 1.57. The summed E-state index contributed by atoms with van der Waals surface area (Å²) in [4.78, 5) is 11.6. The van der Waals surface area contributed by atoms with Crippen molar-refractivity contribution < 1.29 is 4.79 Å². The van der Waals surface area contributed by atoms with E-state index >= 15 is 0 Å². The zero-order chi connectivity index (χ0) is 11.3. The molecule has 84 valence electrons. The van der Waals surface area contributed by atoms with Gasteiger partial charge in [-0.3, -0.25) is 9.48 Å². The van der Waals surface area contributed by atoms with Crippen LogP contribution in [0.1, 0.15) is 16.8 Å². The highest BCUT2D eigenvalue weighted by atomic mass is 32.2. The van der Waals surface area contributed by atoms with Crippen molar-refractivity contribution in [2.45, 2.75) is 6.42 Å². The monoisotopic (exact) mass is 228 g/mol. The molecule has 0 aromatic carbocycles. The molecule has 3 N–H and O–H groups in total. The SMILES string of the molecule is CSCCCNC(=O)c1cnn(C)c1N. The van der Waals surface area contributed by atoms with Crippen molar-refractivity contribution in [3.8, 4) is 0 Å². The van der Waals surface area contributed by atoms with Crippen LogP contribution in [0.2, 0.25) is 0 Å². The highest BCUT2D eigenvalue weighted by Gasteiger charge is 2.12. The van der Waals surface area contributed by atoms with Gasteiger partial charge in [-0.1, -0.05) is 0 Å². The first-order chi connectivity index (χ1) is 7.16. The largest absolute Gasteiger partial charge is 0.383 e. The summed E-state index contributed by atoms with van der Waals surface area (Å²) in [5.41, 5.74) is 6.12. The number of anilines is 1. The van der Waals surface area contributed by atoms with Gasteiger partial charge in [-0.05, 0) is 18.4 Å². The van der Waals surface area contributed by atoms with Crippen LogP contribution in [-0.2, 0) is 7.05 Å². The Bertz CT molecular complexity index is 337. The number of hydrogen-bond acceptors (Lipinski definition) is 4. The van der Waals surface area contributed by atoms with Crippen molar-refractivity contribution in [3.63, 3.8) is 0 Å². The van der Waals surface area contributed by atoms with Crippen LogP contribution >= 0.6 is 11.8 Å². The van der Waals surface area contributed by atoms with Gasteiger partial charge in [0.15, 0.2) is 0 Å². The van der Waals surface area contributed by atoms with Crippen molar-refractivity contribution in [1.82, 2.24) is 15.1 Å². The van der Waals surface area contributed by atoms with Gasteiger partial charge in [-0.15, -0.1) is 0 Å². The number of nitrogens with two attached hydrogens (primary N) is 1. The number of nitrogen functional groups attached to an aromatic ring is 1. The standard InChI is InChI=1S/C9H16N4OS/c1-13-8(10)7(6-12-13)9(14)11-4-3-5-15-2/h6H,3-5,10H2,1-2H3,(H,11,14). The van der Waals surface area contributed by atoms with E-state index in [1.807, 2.05) is 6.26 Å². The summed E-state index contributed by atoms with van der Waals surface area (Å²) < 4.78 is 1.48. The fraction of sp³-hybridized carbons (Fsp3) is 0.556. The summed E-state index contributed by atoms with van der Waals surface area (Å²) in [6.45, 7) is 0.675. The predicted octanol–water partition coefficient (Wildman–Crippen LogP) is 0.485. The van der Waals surface area contributed by atoms with Crippen LogP contribution in [0.5, 0.6) is 0 Å². The lowest BCUT2D eigenvalue weighted by Gasteiger charge is -2.03. The molecule has 1 aromatic heterocycles. The van der Waals surface area contributed by atoms with E-state index in [-0.39, 0.29) is 5.91 Å². The molecule has 1 heterocycles. The molecular formula is C9H16N4OS. The molecule has 0 atom stereocenters. The van der Waals surface area contributed by atoms with Crippen molar-refractivity contribution in [2.24, 2.45) is 7.05 Å². The number of nitrogens with one attached hydrogen (secondary N) is 1. The number of carbonyl (C=O) groups is 1. The Kier molecular flexibility index (Phi) is 4.48. The number of hydrogen-bond donors (Lipinski definition) is 2. The first kappa shape index (κ1) is 11.9. The summed E-state index contributed by atoms with van der Waals surface area (Å²) in [7, 11) is 1.71. The average Bonchev–Trinajstić information content (AvgIpc) is 2.55. The van der Waals surface area contributed by atoms with Gasteiger partial charge in [-0.25, -0.2) is 0 Å². The minimum Gasteiger partial charge on any atom is -0.383 e. The van der Waals surface area contributed by atoms with Crippen LogP contribution in [0.25, 0.3) is 0 Å². The van der Waals surface area contributed by atoms with E-state index in [9.17, 15) is 4.79 Å². The molecule has 0 aliphatic carbocycles. The number of nitrogens with zero attached hydrogens (tertiary/aromatic N) is 2. The van der Waals surface area contributed by atoms with Gasteiger partial charge in [0.25, 0.3) is 5.91 Å². The summed E-state index contributed by atoms with van der Waals surface area (Å²) in [5, 5.41) is 6.71. The van der Waals surface area contributed by atoms with Crippen LogP contribution in [-0.4, -0.2) is 34.2 Å². The zero-order valence-electron chi connectivity index (χ0n) is 8.99. The fourth-order valence-electron chi connectivity index (χ4n) is 1.14. The molecule has 0 radical (unpaired) electrons. The molecule has 1 rings (SSSR count). The van der Waals surface area contributed by atoms with E-state index in [1.165, 1.54) is 10.9 Å². The predicted molar refractivity (Wildman–Crippen MR) is 63.0 cm³/mol. The number of carbonyl (C=O) groups excluding carboxylic acids is 1. The Labute approximate surface area is 93.4 Å². The lowest BCUT2D eigenvalue weighted by molar-refractivity contribution is 0.0954. The Hall–Kier alpha value is -1.17. The normalized spacial score (nSPS) is 10.3. The van der Waals surface area contributed by atoms with Gasteiger partial charge in [0.2, 0.25) is 0 Å². The average molecular weight is 228 g/mol. The second-order valence-corrected chi connectivity index (χ2v) is 4.15. The molecule has 0 aliphatic heterocycles. The number of aromatic nitrogens is 2. The van der Waals surface area contributed by atoms with Gasteiger partial charge in [0.05, 0.1) is 6.20 Å². The number of aryl methyl sites for hydroxylation is 1. The van der Waals surface area contributed by atoms with Crippen molar-refractivity contribution in [1.29, 1.82) is 0 Å². The second-order valence-electron chi connectivity index (χ2n) is 3.17. The maximum Gasteiger partial charge on any atom is 0.256 e. The summed E-state index contributed by atoms with van der Waals surface area (Å²) >= 11 is 1.76. The minimum absolute atomic E-state index is 0.151. The van der Waals surface area contributed by atoms with Crippen LogP contribution < -0.4 is 11.1 Å². The van der Waals surface area contributed by atoms with Crippen molar-refractivity contribution in [3.05, 3.63) is 11.8 Å². The molecule has 0 saturated carbocycles. The topological polar surface area (TPSA) is 72.9 Å². The third-order valence-corrected chi connectivity index (χ3v) is 2.74. The Morgan fingerprint density at radius 2 is 2.47 bits per heavy atom. The van der Waals surface area contributed by atoms with Crippen LogP contribution in [0.3, 0.4) is 0 Å². The molecule has 0 saturated heterocycles.